The van der Waals surface area contributed by atoms with E-state index in [4.69, 9.17) is 4.52 Å². The number of ketones is 1. The molecule has 4 rings (SSSR count). The second kappa shape index (κ2) is 6.47. The van der Waals surface area contributed by atoms with Crippen LogP contribution in [0.1, 0.15) is 48.2 Å². The van der Waals surface area contributed by atoms with Crippen LogP contribution in [0, 0.1) is 12.8 Å². The molecule has 2 aliphatic rings. The summed E-state index contributed by atoms with van der Waals surface area (Å²) < 4.78 is 5.40. The van der Waals surface area contributed by atoms with Gasteiger partial charge in [0.05, 0.1) is 0 Å². The molecule has 2 aromatic rings. The number of hydrogen-bond acceptors (Lipinski definition) is 4. The Balaban J connectivity index is 1.56. The predicted molar refractivity (Wildman–Crippen MR) is 93.1 cm³/mol. The summed E-state index contributed by atoms with van der Waals surface area (Å²) in [4.78, 5) is 27.0. The summed E-state index contributed by atoms with van der Waals surface area (Å²) in [5, 5.41) is 4.00. The van der Waals surface area contributed by atoms with Crippen LogP contribution < -0.4 is 0 Å². The Labute approximate surface area is 147 Å². The first-order valence-corrected chi connectivity index (χ1v) is 9.01. The van der Waals surface area contributed by atoms with E-state index in [1.807, 2.05) is 36.1 Å². The number of aryl methyl sites for hydroxylation is 1. The Hall–Kier alpha value is -2.43. The molecule has 130 valence electrons. The molecule has 0 radical (unpaired) electrons. The Morgan fingerprint density at radius 1 is 1.20 bits per heavy atom. The van der Waals surface area contributed by atoms with Gasteiger partial charge in [-0.05, 0) is 19.8 Å². The van der Waals surface area contributed by atoms with Crippen LogP contribution >= 0.6 is 0 Å². The fraction of sp³-hybridized carbons (Fsp3) is 0.450. The third-order valence-corrected chi connectivity index (χ3v) is 5.47. The largest absolute Gasteiger partial charge is 0.355 e. The maximum Gasteiger partial charge on any atom is 0.276 e. The highest BCUT2D eigenvalue weighted by Gasteiger charge is 2.41. The first kappa shape index (κ1) is 16.1. The van der Waals surface area contributed by atoms with Gasteiger partial charge in [0.1, 0.15) is 5.78 Å². The standard InChI is InChI=1S/C20H22N2O3/c1-13-6-8-14(9-7-13)19-12-16(21-25-19)20(24)22-11-10-18(23)15-4-2-3-5-17(15)22/h6-9,12,15,17H,2-5,10-11H2,1H3/t15-,17+/m0/s1. The van der Waals surface area contributed by atoms with Crippen molar-refractivity contribution in [1.82, 2.24) is 10.1 Å². The molecule has 0 unspecified atom stereocenters. The molecule has 1 aromatic carbocycles. The van der Waals surface area contributed by atoms with E-state index < -0.39 is 0 Å². The van der Waals surface area contributed by atoms with E-state index in [9.17, 15) is 9.59 Å². The zero-order valence-electron chi connectivity index (χ0n) is 14.4. The average molecular weight is 338 g/mol. The van der Waals surface area contributed by atoms with Crippen molar-refractivity contribution in [1.29, 1.82) is 0 Å². The molecule has 1 aliphatic carbocycles. The highest BCUT2D eigenvalue weighted by Crippen LogP contribution is 2.34. The molecule has 1 aliphatic heterocycles. The number of benzene rings is 1. The Kier molecular flexibility index (Phi) is 4.15. The third-order valence-electron chi connectivity index (χ3n) is 5.47. The zero-order valence-corrected chi connectivity index (χ0v) is 14.4. The van der Waals surface area contributed by atoms with Crippen molar-refractivity contribution in [2.75, 3.05) is 6.54 Å². The van der Waals surface area contributed by atoms with Crippen molar-refractivity contribution in [3.63, 3.8) is 0 Å². The van der Waals surface area contributed by atoms with Gasteiger partial charge in [0.2, 0.25) is 0 Å². The summed E-state index contributed by atoms with van der Waals surface area (Å²) in [6.07, 6.45) is 4.42. The van der Waals surface area contributed by atoms with E-state index in [2.05, 4.69) is 5.16 Å². The first-order chi connectivity index (χ1) is 12.1. The van der Waals surface area contributed by atoms with Crippen LogP contribution in [0.5, 0.6) is 0 Å². The minimum Gasteiger partial charge on any atom is -0.355 e. The highest BCUT2D eigenvalue weighted by molar-refractivity contribution is 5.95. The van der Waals surface area contributed by atoms with Crippen LogP contribution in [0.2, 0.25) is 0 Å². The summed E-state index contributed by atoms with van der Waals surface area (Å²) in [6, 6.07) is 9.66. The van der Waals surface area contributed by atoms with Crippen molar-refractivity contribution in [3.05, 3.63) is 41.6 Å². The number of amides is 1. The molecule has 2 atom stereocenters. The molecule has 0 bridgehead atoms. The summed E-state index contributed by atoms with van der Waals surface area (Å²) in [5.41, 5.74) is 2.40. The summed E-state index contributed by atoms with van der Waals surface area (Å²) >= 11 is 0. The van der Waals surface area contributed by atoms with Crippen LogP contribution in [0.15, 0.2) is 34.9 Å². The summed E-state index contributed by atoms with van der Waals surface area (Å²) in [6.45, 7) is 2.52. The van der Waals surface area contributed by atoms with Crippen LogP contribution in [-0.2, 0) is 4.79 Å². The van der Waals surface area contributed by atoms with E-state index in [-0.39, 0.29) is 17.9 Å². The minimum atomic E-state index is -0.119. The number of carbonyl (C=O) groups excluding carboxylic acids is 2. The van der Waals surface area contributed by atoms with E-state index in [1.54, 1.807) is 6.07 Å². The zero-order chi connectivity index (χ0) is 17.4. The number of rotatable bonds is 2. The number of fused-ring (bicyclic) bond motifs is 1. The number of aromatic nitrogens is 1. The molecule has 1 amide bonds. The molecular weight excluding hydrogens is 316 g/mol. The Morgan fingerprint density at radius 3 is 2.76 bits per heavy atom. The molecule has 1 saturated heterocycles. The summed E-state index contributed by atoms with van der Waals surface area (Å²) in [5.74, 6) is 0.798. The van der Waals surface area contributed by atoms with Gasteiger partial charge in [-0.15, -0.1) is 0 Å². The molecule has 5 heteroatoms. The number of nitrogens with zero attached hydrogens (tertiary/aromatic N) is 2. The lowest BCUT2D eigenvalue weighted by Crippen LogP contribution is -2.53. The van der Waals surface area contributed by atoms with Gasteiger partial charge in [-0.1, -0.05) is 47.8 Å². The van der Waals surface area contributed by atoms with E-state index in [1.165, 1.54) is 5.56 Å². The Morgan fingerprint density at radius 2 is 1.96 bits per heavy atom. The van der Waals surface area contributed by atoms with Crippen LogP contribution in [-0.4, -0.2) is 34.3 Å². The number of Topliss-reactive ketones (excluding diaryl/α,β-unsaturated/α-hetero) is 1. The van der Waals surface area contributed by atoms with Gasteiger partial charge in [0, 0.05) is 36.6 Å². The molecule has 0 N–H and O–H groups in total. The van der Waals surface area contributed by atoms with Crippen molar-refractivity contribution in [2.24, 2.45) is 5.92 Å². The molecule has 1 saturated carbocycles. The van der Waals surface area contributed by atoms with Crippen molar-refractivity contribution >= 4 is 11.7 Å². The topological polar surface area (TPSA) is 63.4 Å². The first-order valence-electron chi connectivity index (χ1n) is 9.01. The maximum atomic E-state index is 13.0. The lowest BCUT2D eigenvalue weighted by molar-refractivity contribution is -0.129. The van der Waals surface area contributed by atoms with Gasteiger partial charge in [-0.25, -0.2) is 0 Å². The SMILES string of the molecule is Cc1ccc(-c2cc(C(=O)N3CCC(=O)[C@H]4CCCC[C@H]43)no2)cc1. The lowest BCUT2D eigenvalue weighted by atomic mass is 9.77. The molecule has 0 spiro atoms. The van der Waals surface area contributed by atoms with Gasteiger partial charge in [0.25, 0.3) is 5.91 Å². The molecule has 2 fully saturated rings. The van der Waals surface area contributed by atoms with Gasteiger partial charge in [-0.3, -0.25) is 9.59 Å². The maximum absolute atomic E-state index is 13.0. The molecule has 5 nitrogen and oxygen atoms in total. The Bertz CT molecular complexity index is 794. The fourth-order valence-electron chi connectivity index (χ4n) is 4.07. The van der Waals surface area contributed by atoms with E-state index >= 15 is 0 Å². The fourth-order valence-corrected chi connectivity index (χ4v) is 4.07. The van der Waals surface area contributed by atoms with Crippen molar-refractivity contribution in [2.45, 2.75) is 45.1 Å². The van der Waals surface area contributed by atoms with Gasteiger partial charge in [0.15, 0.2) is 11.5 Å². The van der Waals surface area contributed by atoms with E-state index in [0.717, 1.165) is 31.2 Å². The van der Waals surface area contributed by atoms with E-state index in [0.29, 0.717) is 30.2 Å². The third kappa shape index (κ3) is 2.99. The molecular formula is C20H22N2O3. The number of likely N-dealkylation sites (tertiary alicyclic amines) is 1. The van der Waals surface area contributed by atoms with Gasteiger partial charge >= 0.3 is 0 Å². The molecule has 25 heavy (non-hydrogen) atoms. The smallest absolute Gasteiger partial charge is 0.276 e. The summed E-state index contributed by atoms with van der Waals surface area (Å²) in [7, 11) is 0. The molecule has 1 aromatic heterocycles. The number of piperidine rings is 1. The molecule has 2 heterocycles. The predicted octanol–water partition coefficient (Wildman–Crippen LogP) is 3.62. The minimum absolute atomic E-state index is 0.00919. The van der Waals surface area contributed by atoms with Crippen LogP contribution in [0.3, 0.4) is 0 Å². The lowest BCUT2D eigenvalue weighted by Gasteiger charge is -2.42. The highest BCUT2D eigenvalue weighted by atomic mass is 16.5. The second-order valence-electron chi connectivity index (χ2n) is 7.12. The average Bonchev–Trinajstić information content (AvgIpc) is 3.12. The van der Waals surface area contributed by atoms with Crippen molar-refractivity contribution < 1.29 is 14.1 Å². The number of hydrogen-bond donors (Lipinski definition) is 0. The second-order valence-corrected chi connectivity index (χ2v) is 7.12. The monoisotopic (exact) mass is 338 g/mol. The van der Waals surface area contributed by atoms with Crippen molar-refractivity contribution in [3.8, 4) is 11.3 Å². The van der Waals surface area contributed by atoms with Gasteiger partial charge in [-0.2, -0.15) is 0 Å². The quantitative estimate of drug-likeness (QED) is 0.839. The normalized spacial score (nSPS) is 23.4. The number of carbonyl (C=O) groups is 2. The van der Waals surface area contributed by atoms with Crippen LogP contribution in [0.25, 0.3) is 11.3 Å². The van der Waals surface area contributed by atoms with Crippen LogP contribution in [0.4, 0.5) is 0 Å². The van der Waals surface area contributed by atoms with Gasteiger partial charge < -0.3 is 9.42 Å².